The highest BCUT2D eigenvalue weighted by atomic mass is 14.9. The van der Waals surface area contributed by atoms with Crippen LogP contribution >= 0.6 is 0 Å². The van der Waals surface area contributed by atoms with Gasteiger partial charge in [-0.2, -0.15) is 0 Å². The first-order valence-corrected chi connectivity index (χ1v) is 5.23. The second-order valence-electron chi connectivity index (χ2n) is 3.89. The molecule has 0 saturated carbocycles. The van der Waals surface area contributed by atoms with Crippen LogP contribution in [-0.2, 0) is 13.0 Å². The van der Waals surface area contributed by atoms with Crippen molar-refractivity contribution < 1.29 is 0 Å². The Morgan fingerprint density at radius 3 is 3.07 bits per heavy atom. The summed E-state index contributed by atoms with van der Waals surface area (Å²) in [5.41, 5.74) is 10.4. The standard InChI is InChI=1S/C12H13N3/c13-12-8-3-1-2-4-10(8)15-11-7-14-6-5-9(11)12/h1-4,14H,5-7H2,(H2,13,15). The van der Waals surface area contributed by atoms with Gasteiger partial charge in [-0.15, -0.1) is 0 Å². The van der Waals surface area contributed by atoms with Crippen molar-refractivity contribution in [2.75, 3.05) is 12.3 Å². The molecule has 1 aliphatic heterocycles. The molecule has 3 heteroatoms. The number of pyridine rings is 1. The van der Waals surface area contributed by atoms with Gasteiger partial charge in [0.1, 0.15) is 0 Å². The van der Waals surface area contributed by atoms with Gasteiger partial charge < -0.3 is 11.1 Å². The molecule has 76 valence electrons. The van der Waals surface area contributed by atoms with Crippen LogP contribution in [0.1, 0.15) is 11.3 Å². The van der Waals surface area contributed by atoms with E-state index < -0.39 is 0 Å². The fourth-order valence-electron chi connectivity index (χ4n) is 2.18. The quantitative estimate of drug-likeness (QED) is 0.675. The second-order valence-corrected chi connectivity index (χ2v) is 3.89. The average molecular weight is 199 g/mol. The monoisotopic (exact) mass is 199 g/mol. The molecule has 1 aromatic heterocycles. The molecular weight excluding hydrogens is 186 g/mol. The Hall–Kier alpha value is -1.61. The van der Waals surface area contributed by atoms with Crippen LogP contribution in [0.25, 0.3) is 10.9 Å². The van der Waals surface area contributed by atoms with E-state index in [1.165, 1.54) is 5.56 Å². The van der Waals surface area contributed by atoms with Crippen molar-refractivity contribution in [1.82, 2.24) is 10.3 Å². The fraction of sp³-hybridized carbons (Fsp3) is 0.250. The summed E-state index contributed by atoms with van der Waals surface area (Å²) >= 11 is 0. The molecule has 0 amide bonds. The molecule has 15 heavy (non-hydrogen) atoms. The molecule has 0 radical (unpaired) electrons. The summed E-state index contributed by atoms with van der Waals surface area (Å²) in [6.07, 6.45) is 0.985. The largest absolute Gasteiger partial charge is 0.398 e. The Kier molecular flexibility index (Phi) is 1.86. The van der Waals surface area contributed by atoms with Crippen molar-refractivity contribution in [3.63, 3.8) is 0 Å². The number of anilines is 1. The van der Waals surface area contributed by atoms with Crippen LogP contribution in [0.3, 0.4) is 0 Å². The zero-order valence-corrected chi connectivity index (χ0v) is 8.46. The summed E-state index contributed by atoms with van der Waals surface area (Å²) < 4.78 is 0. The lowest BCUT2D eigenvalue weighted by Gasteiger charge is -2.19. The number of hydrogen-bond acceptors (Lipinski definition) is 3. The van der Waals surface area contributed by atoms with Gasteiger partial charge in [0, 0.05) is 17.6 Å². The number of nitrogen functional groups attached to an aromatic ring is 1. The lowest BCUT2D eigenvalue weighted by Crippen LogP contribution is -2.25. The van der Waals surface area contributed by atoms with Gasteiger partial charge in [-0.25, -0.2) is 0 Å². The summed E-state index contributed by atoms with van der Waals surface area (Å²) in [4.78, 5) is 4.63. The summed E-state index contributed by atoms with van der Waals surface area (Å²) in [7, 11) is 0. The molecule has 0 fully saturated rings. The minimum atomic E-state index is 0.838. The SMILES string of the molecule is Nc1c2c(nc3ccccc13)CNCC2. The third-order valence-corrected chi connectivity index (χ3v) is 2.97. The van der Waals surface area contributed by atoms with Gasteiger partial charge in [0.05, 0.1) is 11.2 Å². The first kappa shape index (κ1) is 8.68. The zero-order chi connectivity index (χ0) is 10.3. The third-order valence-electron chi connectivity index (χ3n) is 2.97. The maximum absolute atomic E-state index is 6.17. The average Bonchev–Trinajstić information content (AvgIpc) is 2.30. The molecule has 1 aromatic carbocycles. The number of benzene rings is 1. The molecular formula is C12H13N3. The van der Waals surface area contributed by atoms with Gasteiger partial charge in [-0.05, 0) is 24.6 Å². The van der Waals surface area contributed by atoms with E-state index in [0.29, 0.717) is 0 Å². The summed E-state index contributed by atoms with van der Waals surface area (Å²) in [5, 5.41) is 4.40. The van der Waals surface area contributed by atoms with Crippen LogP contribution in [0.2, 0.25) is 0 Å². The molecule has 0 saturated heterocycles. The van der Waals surface area contributed by atoms with Crippen LogP contribution in [-0.4, -0.2) is 11.5 Å². The van der Waals surface area contributed by atoms with Crippen LogP contribution < -0.4 is 11.1 Å². The Balaban J connectivity index is 2.36. The van der Waals surface area contributed by atoms with Gasteiger partial charge >= 0.3 is 0 Å². The Morgan fingerprint density at radius 1 is 1.27 bits per heavy atom. The molecule has 0 bridgehead atoms. The van der Waals surface area contributed by atoms with E-state index in [9.17, 15) is 0 Å². The second kappa shape index (κ2) is 3.21. The molecule has 2 aromatic rings. The highest BCUT2D eigenvalue weighted by Crippen LogP contribution is 2.27. The maximum Gasteiger partial charge on any atom is 0.0726 e. The lowest BCUT2D eigenvalue weighted by molar-refractivity contribution is 0.631. The molecule has 3 rings (SSSR count). The normalized spacial score (nSPS) is 15.2. The molecule has 0 spiro atoms. The maximum atomic E-state index is 6.17. The van der Waals surface area contributed by atoms with Gasteiger partial charge in [0.25, 0.3) is 0 Å². The number of nitrogens with zero attached hydrogens (tertiary/aromatic N) is 1. The summed E-state index contributed by atoms with van der Waals surface area (Å²) in [6.45, 7) is 1.83. The van der Waals surface area contributed by atoms with Gasteiger partial charge in [-0.1, -0.05) is 18.2 Å². The number of hydrogen-bond donors (Lipinski definition) is 2. The highest BCUT2D eigenvalue weighted by Gasteiger charge is 2.15. The van der Waals surface area contributed by atoms with Gasteiger partial charge in [0.15, 0.2) is 0 Å². The molecule has 0 atom stereocenters. The van der Waals surface area contributed by atoms with Crippen molar-refractivity contribution in [2.24, 2.45) is 0 Å². The van der Waals surface area contributed by atoms with Crippen molar-refractivity contribution >= 4 is 16.6 Å². The fourth-order valence-corrected chi connectivity index (χ4v) is 2.18. The van der Waals surface area contributed by atoms with Crippen LogP contribution in [0, 0.1) is 0 Å². The highest BCUT2D eigenvalue weighted by molar-refractivity contribution is 5.92. The summed E-state index contributed by atoms with van der Waals surface area (Å²) in [5.74, 6) is 0. The van der Waals surface area contributed by atoms with E-state index >= 15 is 0 Å². The van der Waals surface area contributed by atoms with E-state index in [1.807, 2.05) is 24.3 Å². The molecule has 0 unspecified atom stereocenters. The number of nitrogens with two attached hydrogens (primary N) is 1. The van der Waals surface area contributed by atoms with Crippen molar-refractivity contribution in [3.8, 4) is 0 Å². The van der Waals surface area contributed by atoms with E-state index in [2.05, 4.69) is 10.3 Å². The van der Waals surface area contributed by atoms with Crippen LogP contribution in [0.4, 0.5) is 5.69 Å². The minimum absolute atomic E-state index is 0.838. The zero-order valence-electron chi connectivity index (χ0n) is 8.46. The first-order chi connectivity index (χ1) is 7.36. The molecule has 1 aliphatic rings. The number of para-hydroxylation sites is 1. The molecule has 2 heterocycles. The van der Waals surface area contributed by atoms with Gasteiger partial charge in [0.2, 0.25) is 0 Å². The Labute approximate surface area is 88.3 Å². The van der Waals surface area contributed by atoms with E-state index in [0.717, 1.165) is 41.8 Å². The molecule has 3 N–H and O–H groups in total. The van der Waals surface area contributed by atoms with E-state index in [-0.39, 0.29) is 0 Å². The third kappa shape index (κ3) is 1.27. The Bertz CT molecular complexity index is 520. The predicted molar refractivity (Wildman–Crippen MR) is 61.6 cm³/mol. The topological polar surface area (TPSA) is 50.9 Å². The Morgan fingerprint density at radius 2 is 2.13 bits per heavy atom. The number of nitrogens with one attached hydrogen (secondary N) is 1. The van der Waals surface area contributed by atoms with Crippen LogP contribution in [0.15, 0.2) is 24.3 Å². The number of fused-ring (bicyclic) bond motifs is 2. The number of rotatable bonds is 0. The molecule has 0 aliphatic carbocycles. The van der Waals surface area contributed by atoms with Crippen molar-refractivity contribution in [3.05, 3.63) is 35.5 Å². The number of aromatic nitrogens is 1. The van der Waals surface area contributed by atoms with Crippen LogP contribution in [0.5, 0.6) is 0 Å². The molecule has 3 nitrogen and oxygen atoms in total. The first-order valence-electron chi connectivity index (χ1n) is 5.23. The van der Waals surface area contributed by atoms with Gasteiger partial charge in [-0.3, -0.25) is 4.98 Å². The summed E-state index contributed by atoms with van der Waals surface area (Å²) in [6, 6.07) is 8.06. The smallest absolute Gasteiger partial charge is 0.0726 e. The van der Waals surface area contributed by atoms with Crippen molar-refractivity contribution in [2.45, 2.75) is 13.0 Å². The lowest BCUT2D eigenvalue weighted by atomic mass is 10.0. The predicted octanol–water partition coefficient (Wildman–Crippen LogP) is 1.46. The van der Waals surface area contributed by atoms with E-state index in [4.69, 9.17) is 5.73 Å². The van der Waals surface area contributed by atoms with Crippen molar-refractivity contribution in [1.29, 1.82) is 0 Å². The van der Waals surface area contributed by atoms with E-state index in [1.54, 1.807) is 0 Å². The minimum Gasteiger partial charge on any atom is -0.398 e.